The average Bonchev–Trinajstić information content (AvgIpc) is 2.44. The van der Waals surface area contributed by atoms with Gasteiger partial charge < -0.3 is 14.9 Å². The summed E-state index contributed by atoms with van der Waals surface area (Å²) in [6.07, 6.45) is 8.23. The molecule has 1 heterocycles. The molecule has 5 atom stereocenters. The molecule has 2 fully saturated rings. The molecular weight excluding hydrogens is 288 g/mol. The zero-order chi connectivity index (χ0) is 17.1. The maximum atomic E-state index is 10.2. The summed E-state index contributed by atoms with van der Waals surface area (Å²) in [6.45, 7) is 11.2. The molecule has 3 rings (SSSR count). The van der Waals surface area contributed by atoms with Gasteiger partial charge in [0.05, 0.1) is 17.8 Å². The molecule has 132 valence electrons. The van der Waals surface area contributed by atoms with Crippen molar-refractivity contribution in [3.63, 3.8) is 0 Å². The van der Waals surface area contributed by atoms with Gasteiger partial charge >= 0.3 is 0 Å². The van der Waals surface area contributed by atoms with Crippen LogP contribution in [0, 0.1) is 16.7 Å². The van der Waals surface area contributed by atoms with Crippen LogP contribution in [-0.2, 0) is 4.74 Å². The van der Waals surface area contributed by atoms with E-state index in [1.54, 1.807) is 0 Å². The molecule has 3 aliphatic rings. The van der Waals surface area contributed by atoms with Crippen molar-refractivity contribution in [2.45, 2.75) is 90.4 Å². The minimum absolute atomic E-state index is 0.209. The van der Waals surface area contributed by atoms with Gasteiger partial charge in [0.2, 0.25) is 0 Å². The van der Waals surface area contributed by atoms with Crippen LogP contribution in [0.2, 0.25) is 0 Å². The first-order chi connectivity index (χ1) is 10.6. The van der Waals surface area contributed by atoms with Gasteiger partial charge in [-0.3, -0.25) is 0 Å². The summed E-state index contributed by atoms with van der Waals surface area (Å²) < 4.78 is 6.52. The van der Waals surface area contributed by atoms with E-state index in [4.69, 9.17) is 4.74 Å². The van der Waals surface area contributed by atoms with Gasteiger partial charge in [-0.15, -0.1) is 0 Å². The van der Waals surface area contributed by atoms with Crippen molar-refractivity contribution in [2.75, 3.05) is 6.61 Å². The summed E-state index contributed by atoms with van der Waals surface area (Å²) in [6, 6.07) is 0. The van der Waals surface area contributed by atoms with Crippen LogP contribution in [0.3, 0.4) is 0 Å². The van der Waals surface area contributed by atoms with Crippen LogP contribution in [0.5, 0.6) is 0 Å². The molecule has 2 aliphatic carbocycles. The van der Waals surface area contributed by atoms with Crippen LogP contribution in [0.4, 0.5) is 0 Å². The van der Waals surface area contributed by atoms with Crippen LogP contribution in [-0.4, -0.2) is 34.1 Å². The number of aliphatic hydroxyl groups is 2. The molecule has 0 radical (unpaired) electrons. The molecule has 3 nitrogen and oxygen atoms in total. The lowest BCUT2D eigenvalue weighted by Gasteiger charge is -2.62. The van der Waals surface area contributed by atoms with Crippen LogP contribution in [0.1, 0.15) is 73.1 Å². The van der Waals surface area contributed by atoms with Gasteiger partial charge in [0.15, 0.2) is 0 Å². The second kappa shape index (κ2) is 5.31. The van der Waals surface area contributed by atoms with Gasteiger partial charge in [-0.1, -0.05) is 33.3 Å². The molecule has 0 aromatic carbocycles. The third-order valence-electron chi connectivity index (χ3n) is 7.37. The second-order valence-corrected chi connectivity index (χ2v) is 9.52. The standard InChI is InChI=1S/C20H34O3/c1-17(2)9-6-10-18(3)14(17)7-11-19(4)15(18)8-12-20(5,23-19)16(22)13-21/h8,14,16,21-22H,6-7,9-13H2,1-5H3. The fraction of sp³-hybridized carbons (Fsp3) is 0.900. The van der Waals surface area contributed by atoms with Crippen molar-refractivity contribution in [3.8, 4) is 0 Å². The Morgan fingerprint density at radius 1 is 1.17 bits per heavy atom. The van der Waals surface area contributed by atoms with Crippen molar-refractivity contribution >= 4 is 0 Å². The predicted octanol–water partition coefficient (Wildman–Crippen LogP) is 3.83. The summed E-state index contributed by atoms with van der Waals surface area (Å²) in [5, 5.41) is 19.6. The van der Waals surface area contributed by atoms with Crippen molar-refractivity contribution in [1.82, 2.24) is 0 Å². The monoisotopic (exact) mass is 322 g/mol. The molecule has 2 saturated carbocycles. The van der Waals surface area contributed by atoms with Gasteiger partial charge in [0.1, 0.15) is 6.10 Å². The van der Waals surface area contributed by atoms with Gasteiger partial charge in [-0.05, 0) is 68.3 Å². The van der Waals surface area contributed by atoms with Gasteiger partial charge in [-0.25, -0.2) is 0 Å². The summed E-state index contributed by atoms with van der Waals surface area (Å²) >= 11 is 0. The van der Waals surface area contributed by atoms with E-state index >= 15 is 0 Å². The van der Waals surface area contributed by atoms with Gasteiger partial charge in [0, 0.05) is 0 Å². The summed E-state index contributed by atoms with van der Waals surface area (Å²) in [7, 11) is 0. The molecule has 0 bridgehead atoms. The van der Waals surface area contributed by atoms with E-state index < -0.39 is 11.7 Å². The summed E-state index contributed by atoms with van der Waals surface area (Å²) in [4.78, 5) is 0. The Morgan fingerprint density at radius 2 is 1.87 bits per heavy atom. The van der Waals surface area contributed by atoms with E-state index in [0.29, 0.717) is 17.8 Å². The second-order valence-electron chi connectivity index (χ2n) is 9.52. The van der Waals surface area contributed by atoms with E-state index in [9.17, 15) is 10.2 Å². The highest BCUT2D eigenvalue weighted by molar-refractivity contribution is 5.33. The number of hydrogen-bond donors (Lipinski definition) is 2. The Labute approximate surface area is 141 Å². The Morgan fingerprint density at radius 3 is 2.52 bits per heavy atom. The quantitative estimate of drug-likeness (QED) is 0.760. The Bertz CT molecular complexity index is 511. The number of fused-ring (bicyclic) bond motifs is 3. The number of rotatable bonds is 2. The van der Waals surface area contributed by atoms with Crippen LogP contribution in [0.15, 0.2) is 11.6 Å². The third kappa shape index (κ3) is 2.51. The lowest BCUT2D eigenvalue weighted by atomic mass is 9.47. The molecule has 0 spiro atoms. The topological polar surface area (TPSA) is 49.7 Å². The molecule has 23 heavy (non-hydrogen) atoms. The predicted molar refractivity (Wildman–Crippen MR) is 92.2 cm³/mol. The first kappa shape index (κ1) is 17.4. The van der Waals surface area contributed by atoms with E-state index in [1.807, 2.05) is 6.92 Å². The minimum Gasteiger partial charge on any atom is -0.394 e. The smallest absolute Gasteiger partial charge is 0.106 e. The summed E-state index contributed by atoms with van der Waals surface area (Å²) in [5.41, 5.74) is 1.07. The molecule has 3 heteroatoms. The maximum absolute atomic E-state index is 10.2. The van der Waals surface area contributed by atoms with Gasteiger partial charge in [-0.2, -0.15) is 0 Å². The molecule has 1 aliphatic heterocycles. The van der Waals surface area contributed by atoms with Crippen LogP contribution in [0.25, 0.3) is 0 Å². The Kier molecular flexibility index (Phi) is 4.02. The normalized spacial score (nSPS) is 47.3. The molecule has 0 aromatic heterocycles. The first-order valence-corrected chi connectivity index (χ1v) is 9.28. The van der Waals surface area contributed by atoms with Crippen molar-refractivity contribution in [1.29, 1.82) is 0 Å². The lowest BCUT2D eigenvalue weighted by Crippen LogP contribution is -2.60. The maximum Gasteiger partial charge on any atom is 0.106 e. The highest BCUT2D eigenvalue weighted by Gasteiger charge is 2.58. The zero-order valence-electron chi connectivity index (χ0n) is 15.5. The number of ether oxygens (including phenoxy) is 1. The Balaban J connectivity index is 1.99. The van der Waals surface area contributed by atoms with Crippen LogP contribution < -0.4 is 0 Å². The average molecular weight is 322 g/mol. The van der Waals surface area contributed by atoms with E-state index in [1.165, 1.54) is 31.3 Å². The zero-order valence-corrected chi connectivity index (χ0v) is 15.5. The number of hydrogen-bond acceptors (Lipinski definition) is 3. The fourth-order valence-corrected chi connectivity index (χ4v) is 6.13. The minimum atomic E-state index is -0.828. The highest BCUT2D eigenvalue weighted by atomic mass is 16.5. The molecule has 0 saturated heterocycles. The SMILES string of the molecule is CC12CCC3C(C)(C)CCCC3(C)C1=CCC(C)(C(O)CO)O2. The fourth-order valence-electron chi connectivity index (χ4n) is 6.13. The lowest BCUT2D eigenvalue weighted by molar-refractivity contribution is -0.210. The van der Waals surface area contributed by atoms with E-state index in [0.717, 1.165) is 6.42 Å². The molecule has 0 amide bonds. The van der Waals surface area contributed by atoms with Crippen molar-refractivity contribution < 1.29 is 14.9 Å². The molecule has 5 unspecified atom stereocenters. The van der Waals surface area contributed by atoms with Crippen molar-refractivity contribution in [2.24, 2.45) is 16.7 Å². The molecule has 0 aromatic rings. The Hall–Kier alpha value is -0.380. The molecule has 2 N–H and O–H groups in total. The molecular formula is C20H34O3. The number of aliphatic hydroxyl groups excluding tert-OH is 2. The van der Waals surface area contributed by atoms with Crippen LogP contribution >= 0.6 is 0 Å². The largest absolute Gasteiger partial charge is 0.394 e. The third-order valence-corrected chi connectivity index (χ3v) is 7.37. The van der Waals surface area contributed by atoms with Crippen molar-refractivity contribution in [3.05, 3.63) is 11.6 Å². The highest BCUT2D eigenvalue weighted by Crippen LogP contribution is 2.64. The summed E-state index contributed by atoms with van der Waals surface area (Å²) in [5.74, 6) is 0.707. The van der Waals surface area contributed by atoms with E-state index in [-0.39, 0.29) is 17.6 Å². The van der Waals surface area contributed by atoms with E-state index in [2.05, 4.69) is 33.8 Å². The van der Waals surface area contributed by atoms with Gasteiger partial charge in [0.25, 0.3) is 0 Å². The first-order valence-electron chi connectivity index (χ1n) is 9.28.